The molecule has 0 aliphatic carbocycles. The molecule has 106 valence electrons. The highest BCUT2D eigenvalue weighted by atomic mass is 35.5. The Morgan fingerprint density at radius 1 is 0.950 bits per heavy atom. The van der Waals surface area contributed by atoms with Gasteiger partial charge in [-0.25, -0.2) is 8.78 Å². The van der Waals surface area contributed by atoms with Crippen molar-refractivity contribution >= 4 is 11.6 Å². The van der Waals surface area contributed by atoms with Crippen molar-refractivity contribution < 1.29 is 18.3 Å². The summed E-state index contributed by atoms with van der Waals surface area (Å²) in [5.74, 6) is -0.519. The molecule has 0 radical (unpaired) electrons. The lowest BCUT2D eigenvalue weighted by Crippen LogP contribution is -1.99. The molecule has 2 aromatic rings. The lowest BCUT2D eigenvalue weighted by atomic mass is 10.0. The molecule has 0 N–H and O–H groups in total. The summed E-state index contributed by atoms with van der Waals surface area (Å²) in [6.07, 6.45) is 0. The fourth-order valence-electron chi connectivity index (χ4n) is 1.86. The van der Waals surface area contributed by atoms with Gasteiger partial charge < -0.3 is 9.47 Å². The summed E-state index contributed by atoms with van der Waals surface area (Å²) in [5.41, 5.74) is 0.714. The van der Waals surface area contributed by atoms with Gasteiger partial charge in [0.1, 0.15) is 11.6 Å². The maximum Gasteiger partial charge on any atom is 0.165 e. The van der Waals surface area contributed by atoms with Crippen molar-refractivity contribution in [2.24, 2.45) is 0 Å². The Kier molecular flexibility index (Phi) is 4.45. The quantitative estimate of drug-likeness (QED) is 0.783. The summed E-state index contributed by atoms with van der Waals surface area (Å²) in [4.78, 5) is 0. The van der Waals surface area contributed by atoms with Crippen LogP contribution in [0.3, 0.4) is 0 Å². The second-order valence-electron chi connectivity index (χ2n) is 4.14. The molecule has 2 nitrogen and oxygen atoms in total. The summed E-state index contributed by atoms with van der Waals surface area (Å²) in [6, 6.07) is 8.66. The van der Waals surface area contributed by atoms with Gasteiger partial charge in [-0.15, -0.1) is 11.6 Å². The largest absolute Gasteiger partial charge is 0.497 e. The second-order valence-corrected chi connectivity index (χ2v) is 4.58. The Morgan fingerprint density at radius 2 is 1.70 bits per heavy atom. The SMILES string of the molecule is COc1ccc(C(Cl)c2ccc(OC)c(F)c2)c(F)c1. The van der Waals surface area contributed by atoms with Crippen LogP contribution in [-0.2, 0) is 0 Å². The molecule has 0 bridgehead atoms. The van der Waals surface area contributed by atoms with Crippen LogP contribution >= 0.6 is 11.6 Å². The first-order valence-electron chi connectivity index (χ1n) is 5.87. The van der Waals surface area contributed by atoms with Crippen LogP contribution in [-0.4, -0.2) is 14.2 Å². The molecule has 0 aliphatic heterocycles. The third-order valence-electron chi connectivity index (χ3n) is 2.95. The fourth-order valence-corrected chi connectivity index (χ4v) is 2.17. The molecule has 0 fully saturated rings. The first-order chi connectivity index (χ1) is 9.56. The number of ether oxygens (including phenoxy) is 2. The van der Waals surface area contributed by atoms with Crippen molar-refractivity contribution in [2.45, 2.75) is 5.38 Å². The average molecular weight is 299 g/mol. The number of alkyl halides is 1. The van der Waals surface area contributed by atoms with E-state index in [1.807, 2.05) is 0 Å². The second kappa shape index (κ2) is 6.09. The molecule has 0 heterocycles. The van der Waals surface area contributed by atoms with Gasteiger partial charge in [0.25, 0.3) is 0 Å². The summed E-state index contributed by atoms with van der Waals surface area (Å²) in [5, 5.41) is -0.790. The van der Waals surface area contributed by atoms with E-state index in [9.17, 15) is 8.78 Å². The van der Waals surface area contributed by atoms with Crippen LogP contribution in [0.2, 0.25) is 0 Å². The van der Waals surface area contributed by atoms with Crippen molar-refractivity contribution in [3.05, 3.63) is 59.2 Å². The minimum absolute atomic E-state index is 0.118. The number of hydrogen-bond acceptors (Lipinski definition) is 2. The summed E-state index contributed by atoms with van der Waals surface area (Å²) >= 11 is 6.21. The molecule has 0 aromatic heterocycles. The average Bonchev–Trinajstić information content (AvgIpc) is 2.46. The smallest absolute Gasteiger partial charge is 0.165 e. The topological polar surface area (TPSA) is 18.5 Å². The normalized spacial score (nSPS) is 12.1. The third kappa shape index (κ3) is 2.85. The van der Waals surface area contributed by atoms with E-state index >= 15 is 0 Å². The molecule has 0 amide bonds. The number of rotatable bonds is 4. The molecule has 0 aliphatic rings. The van der Waals surface area contributed by atoms with Crippen LogP contribution in [0, 0.1) is 11.6 Å². The molecule has 5 heteroatoms. The number of benzene rings is 2. The van der Waals surface area contributed by atoms with Gasteiger partial charge in [-0.2, -0.15) is 0 Å². The van der Waals surface area contributed by atoms with Crippen LogP contribution in [0.1, 0.15) is 16.5 Å². The molecule has 0 spiro atoms. The summed E-state index contributed by atoms with van der Waals surface area (Å²) in [6.45, 7) is 0. The Balaban J connectivity index is 2.35. The van der Waals surface area contributed by atoms with Gasteiger partial charge in [0.2, 0.25) is 0 Å². The van der Waals surface area contributed by atoms with Gasteiger partial charge in [0, 0.05) is 11.6 Å². The first kappa shape index (κ1) is 14.6. The van der Waals surface area contributed by atoms with Crippen molar-refractivity contribution in [3.8, 4) is 11.5 Å². The highest BCUT2D eigenvalue weighted by molar-refractivity contribution is 6.22. The van der Waals surface area contributed by atoms with Crippen LogP contribution in [0.4, 0.5) is 8.78 Å². The summed E-state index contributed by atoms with van der Waals surface area (Å²) in [7, 11) is 2.82. The molecular weight excluding hydrogens is 286 g/mol. The van der Waals surface area contributed by atoms with Crippen LogP contribution in [0.25, 0.3) is 0 Å². The Bertz CT molecular complexity index is 617. The molecule has 20 heavy (non-hydrogen) atoms. The van der Waals surface area contributed by atoms with E-state index in [2.05, 4.69) is 0 Å². The van der Waals surface area contributed by atoms with E-state index in [0.29, 0.717) is 11.3 Å². The highest BCUT2D eigenvalue weighted by Crippen LogP contribution is 2.33. The van der Waals surface area contributed by atoms with Gasteiger partial charge in [0.05, 0.1) is 19.6 Å². The molecular formula is C15H13ClF2O2. The zero-order valence-corrected chi connectivity index (χ0v) is 11.7. The van der Waals surface area contributed by atoms with E-state index in [-0.39, 0.29) is 11.3 Å². The Morgan fingerprint density at radius 3 is 2.25 bits per heavy atom. The predicted octanol–water partition coefficient (Wildman–Crippen LogP) is 4.31. The van der Waals surface area contributed by atoms with Gasteiger partial charge in [0.15, 0.2) is 11.6 Å². The lowest BCUT2D eigenvalue weighted by molar-refractivity contribution is 0.386. The third-order valence-corrected chi connectivity index (χ3v) is 3.44. The van der Waals surface area contributed by atoms with Gasteiger partial charge in [-0.3, -0.25) is 0 Å². The Hall–Kier alpha value is -1.81. The molecule has 1 unspecified atom stereocenters. The van der Waals surface area contributed by atoms with E-state index in [4.69, 9.17) is 21.1 Å². The molecule has 2 aromatic carbocycles. The minimum atomic E-state index is -0.790. The van der Waals surface area contributed by atoms with E-state index < -0.39 is 17.0 Å². The number of hydrogen-bond donors (Lipinski definition) is 0. The van der Waals surface area contributed by atoms with E-state index in [1.165, 1.54) is 38.5 Å². The highest BCUT2D eigenvalue weighted by Gasteiger charge is 2.17. The monoisotopic (exact) mass is 298 g/mol. The van der Waals surface area contributed by atoms with Crippen molar-refractivity contribution in [1.29, 1.82) is 0 Å². The molecule has 2 rings (SSSR count). The summed E-state index contributed by atoms with van der Waals surface area (Å²) < 4.78 is 37.3. The van der Waals surface area contributed by atoms with Crippen molar-refractivity contribution in [3.63, 3.8) is 0 Å². The fraction of sp³-hybridized carbons (Fsp3) is 0.200. The van der Waals surface area contributed by atoms with E-state index in [1.54, 1.807) is 12.1 Å². The predicted molar refractivity (Wildman–Crippen MR) is 73.6 cm³/mol. The Labute approximate surface area is 120 Å². The number of halogens is 3. The van der Waals surface area contributed by atoms with Crippen molar-refractivity contribution in [2.75, 3.05) is 14.2 Å². The minimum Gasteiger partial charge on any atom is -0.497 e. The lowest BCUT2D eigenvalue weighted by Gasteiger charge is -2.13. The van der Waals surface area contributed by atoms with Crippen LogP contribution in [0.5, 0.6) is 11.5 Å². The first-order valence-corrected chi connectivity index (χ1v) is 6.31. The van der Waals surface area contributed by atoms with Gasteiger partial charge in [-0.1, -0.05) is 12.1 Å². The van der Waals surface area contributed by atoms with Gasteiger partial charge >= 0.3 is 0 Å². The van der Waals surface area contributed by atoms with Crippen LogP contribution in [0.15, 0.2) is 36.4 Å². The standard InChI is InChI=1S/C15H13ClF2O2/c1-19-10-4-5-11(12(17)8-10)15(16)9-3-6-14(20-2)13(18)7-9/h3-8,15H,1-2H3. The molecule has 1 atom stereocenters. The van der Waals surface area contributed by atoms with Crippen molar-refractivity contribution in [1.82, 2.24) is 0 Å². The number of methoxy groups -OCH3 is 2. The molecule has 0 saturated carbocycles. The maximum atomic E-state index is 13.9. The van der Waals surface area contributed by atoms with E-state index in [0.717, 1.165) is 0 Å². The zero-order valence-electron chi connectivity index (χ0n) is 11.0. The molecule has 0 saturated heterocycles. The van der Waals surface area contributed by atoms with Gasteiger partial charge in [-0.05, 0) is 23.8 Å². The van der Waals surface area contributed by atoms with Crippen LogP contribution < -0.4 is 9.47 Å². The zero-order chi connectivity index (χ0) is 14.7. The maximum absolute atomic E-state index is 13.9.